The van der Waals surface area contributed by atoms with E-state index in [1.165, 1.54) is 0 Å². The lowest BCUT2D eigenvalue weighted by Crippen LogP contribution is -2.21. The summed E-state index contributed by atoms with van der Waals surface area (Å²) in [7, 11) is 0. The van der Waals surface area contributed by atoms with E-state index >= 15 is 0 Å². The second kappa shape index (κ2) is 11.4. The van der Waals surface area contributed by atoms with Gasteiger partial charge in [-0.05, 0) is 6.42 Å². The third kappa shape index (κ3) is 7.72. The molecule has 7 nitrogen and oxygen atoms in total. The third-order valence-corrected chi connectivity index (χ3v) is 3.29. The van der Waals surface area contributed by atoms with E-state index in [4.69, 9.17) is 23.7 Å². The molecule has 7 heteroatoms. The number of carbonyl (C=O) groups excluding carboxylic acids is 2. The Morgan fingerprint density at radius 3 is 2.41 bits per heavy atom. The SMILES string of the molecule is CCC(C)C(=O)OCCOCCOCCOC1CCOC1=O. The van der Waals surface area contributed by atoms with Gasteiger partial charge in [-0.25, -0.2) is 4.79 Å². The molecule has 0 spiro atoms. The van der Waals surface area contributed by atoms with Gasteiger partial charge < -0.3 is 23.7 Å². The molecule has 0 aromatic rings. The summed E-state index contributed by atoms with van der Waals surface area (Å²) in [6.45, 7) is 6.43. The molecule has 2 unspecified atom stereocenters. The molecule has 0 bridgehead atoms. The number of hydrogen-bond donors (Lipinski definition) is 0. The highest BCUT2D eigenvalue weighted by Gasteiger charge is 2.26. The molecule has 0 aliphatic carbocycles. The zero-order chi connectivity index (χ0) is 16.2. The van der Waals surface area contributed by atoms with Crippen LogP contribution in [0.25, 0.3) is 0 Å². The Morgan fingerprint density at radius 1 is 1.18 bits per heavy atom. The average Bonchev–Trinajstić information content (AvgIpc) is 2.93. The normalized spacial score (nSPS) is 19.0. The number of carbonyl (C=O) groups is 2. The maximum atomic E-state index is 11.4. The predicted octanol–water partition coefficient (Wildman–Crippen LogP) is 0.941. The fourth-order valence-electron chi connectivity index (χ4n) is 1.71. The van der Waals surface area contributed by atoms with Crippen molar-refractivity contribution in [3.05, 3.63) is 0 Å². The van der Waals surface area contributed by atoms with Crippen LogP contribution >= 0.6 is 0 Å². The first-order valence-corrected chi connectivity index (χ1v) is 7.75. The molecule has 1 fully saturated rings. The molecule has 0 aromatic carbocycles. The van der Waals surface area contributed by atoms with E-state index in [1.54, 1.807) is 0 Å². The van der Waals surface area contributed by atoms with Gasteiger partial charge in [0, 0.05) is 6.42 Å². The predicted molar refractivity (Wildman–Crippen MR) is 77.4 cm³/mol. The lowest BCUT2D eigenvalue weighted by atomic mass is 10.1. The van der Waals surface area contributed by atoms with Gasteiger partial charge in [0.15, 0.2) is 6.10 Å². The summed E-state index contributed by atoms with van der Waals surface area (Å²) >= 11 is 0. The van der Waals surface area contributed by atoms with Crippen LogP contribution in [-0.4, -0.2) is 64.3 Å². The van der Waals surface area contributed by atoms with Crippen LogP contribution in [-0.2, 0) is 33.3 Å². The zero-order valence-electron chi connectivity index (χ0n) is 13.4. The molecular weight excluding hydrogens is 292 g/mol. The summed E-state index contributed by atoms with van der Waals surface area (Å²) in [6, 6.07) is 0. The Bertz CT molecular complexity index is 332. The first kappa shape index (κ1) is 18.9. The Hall–Kier alpha value is -1.18. The van der Waals surface area contributed by atoms with Crippen molar-refractivity contribution in [3.8, 4) is 0 Å². The molecule has 1 saturated heterocycles. The van der Waals surface area contributed by atoms with E-state index in [-0.39, 0.29) is 24.5 Å². The number of hydrogen-bond acceptors (Lipinski definition) is 7. The third-order valence-electron chi connectivity index (χ3n) is 3.29. The van der Waals surface area contributed by atoms with Crippen LogP contribution in [0.1, 0.15) is 26.7 Å². The van der Waals surface area contributed by atoms with Crippen LogP contribution < -0.4 is 0 Å². The molecular formula is C15H26O7. The van der Waals surface area contributed by atoms with Crippen molar-refractivity contribution in [3.63, 3.8) is 0 Å². The minimum absolute atomic E-state index is 0.0690. The van der Waals surface area contributed by atoms with E-state index < -0.39 is 6.10 Å². The van der Waals surface area contributed by atoms with Gasteiger partial charge in [-0.2, -0.15) is 0 Å². The number of cyclic esters (lactones) is 1. The summed E-state index contributed by atoms with van der Waals surface area (Å²) in [5.41, 5.74) is 0. The van der Waals surface area contributed by atoms with Crippen LogP contribution in [0.3, 0.4) is 0 Å². The number of esters is 2. The first-order valence-electron chi connectivity index (χ1n) is 7.75. The Kier molecular flexibility index (Phi) is 9.77. The highest BCUT2D eigenvalue weighted by molar-refractivity contribution is 5.76. The van der Waals surface area contributed by atoms with Gasteiger partial charge in [-0.3, -0.25) is 4.79 Å². The largest absolute Gasteiger partial charge is 0.464 e. The van der Waals surface area contributed by atoms with Crippen molar-refractivity contribution >= 4 is 11.9 Å². The quantitative estimate of drug-likeness (QED) is 0.391. The molecule has 0 amide bonds. The van der Waals surface area contributed by atoms with Gasteiger partial charge in [-0.1, -0.05) is 13.8 Å². The van der Waals surface area contributed by atoms with Crippen molar-refractivity contribution in [1.82, 2.24) is 0 Å². The molecule has 1 aliphatic heterocycles. The lowest BCUT2D eigenvalue weighted by molar-refractivity contribution is -0.149. The lowest BCUT2D eigenvalue weighted by Gasteiger charge is -2.10. The van der Waals surface area contributed by atoms with Crippen LogP contribution in [0.4, 0.5) is 0 Å². The molecule has 0 radical (unpaired) electrons. The number of ether oxygens (including phenoxy) is 5. The van der Waals surface area contributed by atoms with E-state index in [9.17, 15) is 9.59 Å². The highest BCUT2D eigenvalue weighted by Crippen LogP contribution is 2.09. The smallest absolute Gasteiger partial charge is 0.335 e. The van der Waals surface area contributed by atoms with Crippen LogP contribution in [0, 0.1) is 5.92 Å². The van der Waals surface area contributed by atoms with Crippen molar-refractivity contribution in [1.29, 1.82) is 0 Å². The molecule has 2 atom stereocenters. The maximum absolute atomic E-state index is 11.4. The molecule has 22 heavy (non-hydrogen) atoms. The van der Waals surface area contributed by atoms with Crippen molar-refractivity contribution < 1.29 is 33.3 Å². The van der Waals surface area contributed by atoms with Crippen molar-refractivity contribution in [2.75, 3.05) is 46.2 Å². The molecule has 1 rings (SSSR count). The zero-order valence-corrected chi connectivity index (χ0v) is 13.4. The Morgan fingerprint density at radius 2 is 1.82 bits per heavy atom. The molecule has 1 aliphatic rings. The van der Waals surface area contributed by atoms with E-state index in [0.717, 1.165) is 6.42 Å². The minimum Gasteiger partial charge on any atom is -0.464 e. The summed E-state index contributed by atoms with van der Waals surface area (Å²) < 4.78 is 25.7. The molecule has 1 heterocycles. The fourth-order valence-corrected chi connectivity index (χ4v) is 1.71. The maximum Gasteiger partial charge on any atom is 0.335 e. The molecule has 0 saturated carbocycles. The Labute approximate surface area is 131 Å². The monoisotopic (exact) mass is 318 g/mol. The molecule has 0 N–H and O–H groups in total. The van der Waals surface area contributed by atoms with E-state index in [2.05, 4.69) is 0 Å². The van der Waals surface area contributed by atoms with Crippen molar-refractivity contribution in [2.24, 2.45) is 5.92 Å². The van der Waals surface area contributed by atoms with Crippen molar-refractivity contribution in [2.45, 2.75) is 32.8 Å². The Balaban J connectivity index is 1.82. The summed E-state index contributed by atoms with van der Waals surface area (Å²) in [6.07, 6.45) is 0.936. The van der Waals surface area contributed by atoms with Gasteiger partial charge in [0.1, 0.15) is 6.61 Å². The van der Waals surface area contributed by atoms with Crippen LogP contribution in [0.2, 0.25) is 0 Å². The first-order chi connectivity index (χ1) is 10.6. The van der Waals surface area contributed by atoms with Gasteiger partial charge in [0.05, 0.1) is 45.6 Å². The van der Waals surface area contributed by atoms with E-state index in [1.807, 2.05) is 13.8 Å². The molecule has 128 valence electrons. The van der Waals surface area contributed by atoms with Gasteiger partial charge >= 0.3 is 11.9 Å². The van der Waals surface area contributed by atoms with Gasteiger partial charge in [0.25, 0.3) is 0 Å². The fraction of sp³-hybridized carbons (Fsp3) is 0.867. The summed E-state index contributed by atoms with van der Waals surface area (Å²) in [4.78, 5) is 22.5. The standard InChI is InChI=1S/C15H26O7/c1-3-12(2)14(16)22-11-9-19-7-6-18-8-10-20-13-4-5-21-15(13)17/h12-13H,3-11H2,1-2H3. The van der Waals surface area contributed by atoms with Gasteiger partial charge in [-0.15, -0.1) is 0 Å². The van der Waals surface area contributed by atoms with Crippen LogP contribution in [0.15, 0.2) is 0 Å². The average molecular weight is 318 g/mol. The summed E-state index contributed by atoms with van der Waals surface area (Å²) in [5, 5.41) is 0. The summed E-state index contributed by atoms with van der Waals surface area (Å²) in [5.74, 6) is -0.555. The molecule has 0 aromatic heterocycles. The van der Waals surface area contributed by atoms with Crippen LogP contribution in [0.5, 0.6) is 0 Å². The second-order valence-corrected chi connectivity index (χ2v) is 5.02. The second-order valence-electron chi connectivity index (χ2n) is 5.02. The van der Waals surface area contributed by atoms with Gasteiger partial charge in [0.2, 0.25) is 0 Å². The van der Waals surface area contributed by atoms with E-state index in [0.29, 0.717) is 46.1 Å². The minimum atomic E-state index is -0.444. The topological polar surface area (TPSA) is 80.3 Å². The highest BCUT2D eigenvalue weighted by atomic mass is 16.6. The number of rotatable bonds is 12.